The Morgan fingerprint density at radius 3 is 2.73 bits per heavy atom. The quantitative estimate of drug-likeness (QED) is 0.239. The number of hydrogen-bond acceptors (Lipinski definition) is 8. The van der Waals surface area contributed by atoms with E-state index in [0.717, 1.165) is 11.8 Å². The number of fused-ring (bicyclic) bond motifs is 1. The number of ketones is 1. The van der Waals surface area contributed by atoms with Crippen molar-refractivity contribution in [2.45, 2.75) is 4.90 Å². The molecule has 0 aromatic heterocycles. The maximum absolute atomic E-state index is 12.1. The molecule has 0 N–H and O–H groups in total. The number of esters is 1. The molecule has 2 aromatic rings. The number of nitro groups is 1. The first-order chi connectivity index (χ1) is 12.5. The molecule has 26 heavy (non-hydrogen) atoms. The van der Waals surface area contributed by atoms with Gasteiger partial charge in [0.15, 0.2) is 23.9 Å². The Labute approximate surface area is 152 Å². The van der Waals surface area contributed by atoms with Crippen LogP contribution < -0.4 is 9.47 Å². The number of benzene rings is 2. The van der Waals surface area contributed by atoms with Crippen molar-refractivity contribution in [2.75, 3.05) is 19.2 Å². The Bertz CT molecular complexity index is 868. The van der Waals surface area contributed by atoms with Gasteiger partial charge in [-0.05, 0) is 24.3 Å². The van der Waals surface area contributed by atoms with Crippen LogP contribution in [0.3, 0.4) is 0 Å². The van der Waals surface area contributed by atoms with Gasteiger partial charge in [0.25, 0.3) is 5.69 Å². The second-order valence-electron chi connectivity index (χ2n) is 5.17. The molecule has 1 aliphatic heterocycles. The number of Topliss-reactive ketones (excluding diaryl/α,β-unsaturated/α-hetero) is 1. The van der Waals surface area contributed by atoms with Gasteiger partial charge in [0.2, 0.25) is 6.79 Å². The molecule has 0 fully saturated rings. The fraction of sp³-hybridized carbons (Fsp3) is 0.176. The summed E-state index contributed by atoms with van der Waals surface area (Å²) in [6.45, 7) is -0.319. The first-order valence-corrected chi connectivity index (χ1v) is 8.48. The SMILES string of the molecule is O=C(CSc1ccccc1[N+](=O)[O-])OCC(=O)c1ccc2c(c1)OCO2. The normalized spacial score (nSPS) is 11.8. The first-order valence-electron chi connectivity index (χ1n) is 7.49. The zero-order chi connectivity index (χ0) is 18.5. The minimum absolute atomic E-state index is 0.0817. The zero-order valence-corrected chi connectivity index (χ0v) is 14.2. The van der Waals surface area contributed by atoms with Gasteiger partial charge in [-0.1, -0.05) is 12.1 Å². The third-order valence-corrected chi connectivity index (χ3v) is 4.50. The van der Waals surface area contributed by atoms with Gasteiger partial charge < -0.3 is 14.2 Å². The topological polar surface area (TPSA) is 105 Å². The van der Waals surface area contributed by atoms with E-state index in [9.17, 15) is 19.7 Å². The number of carbonyl (C=O) groups is 2. The summed E-state index contributed by atoms with van der Waals surface area (Å²) in [5, 5.41) is 10.9. The second-order valence-corrected chi connectivity index (χ2v) is 6.18. The Morgan fingerprint density at radius 1 is 1.15 bits per heavy atom. The maximum atomic E-state index is 12.1. The van der Waals surface area contributed by atoms with Crippen LogP contribution in [-0.2, 0) is 9.53 Å². The predicted octanol–water partition coefficient (Wildman–Crippen LogP) is 2.84. The lowest BCUT2D eigenvalue weighted by Gasteiger charge is -2.05. The maximum Gasteiger partial charge on any atom is 0.316 e. The Kier molecular flexibility index (Phi) is 5.37. The molecule has 0 bridgehead atoms. The van der Waals surface area contributed by atoms with Crippen molar-refractivity contribution in [1.29, 1.82) is 0 Å². The van der Waals surface area contributed by atoms with Crippen molar-refractivity contribution in [3.05, 3.63) is 58.1 Å². The molecular weight excluding hydrogens is 362 g/mol. The lowest BCUT2D eigenvalue weighted by atomic mass is 10.1. The van der Waals surface area contributed by atoms with Crippen molar-refractivity contribution < 1.29 is 28.7 Å². The molecule has 0 radical (unpaired) electrons. The molecule has 0 spiro atoms. The smallest absolute Gasteiger partial charge is 0.316 e. The van der Waals surface area contributed by atoms with E-state index < -0.39 is 17.5 Å². The Hall–Kier alpha value is -3.07. The van der Waals surface area contributed by atoms with Crippen LogP contribution >= 0.6 is 11.8 Å². The van der Waals surface area contributed by atoms with E-state index >= 15 is 0 Å². The van der Waals surface area contributed by atoms with E-state index in [2.05, 4.69) is 0 Å². The Morgan fingerprint density at radius 2 is 1.92 bits per heavy atom. The number of nitrogens with zero attached hydrogens (tertiary/aromatic N) is 1. The van der Waals surface area contributed by atoms with Gasteiger partial charge in [-0.25, -0.2) is 0 Å². The second kappa shape index (κ2) is 7.87. The van der Waals surface area contributed by atoms with Crippen LogP contribution in [-0.4, -0.2) is 35.8 Å². The minimum Gasteiger partial charge on any atom is -0.457 e. The molecule has 0 saturated carbocycles. The molecule has 0 unspecified atom stereocenters. The molecule has 9 heteroatoms. The molecule has 0 aliphatic carbocycles. The van der Waals surface area contributed by atoms with E-state index in [1.54, 1.807) is 30.3 Å². The Balaban J connectivity index is 1.51. The fourth-order valence-electron chi connectivity index (χ4n) is 2.21. The number of thioether (sulfide) groups is 1. The monoisotopic (exact) mass is 375 g/mol. The molecule has 0 saturated heterocycles. The van der Waals surface area contributed by atoms with Crippen molar-refractivity contribution in [3.63, 3.8) is 0 Å². The standard InChI is InChI=1S/C17H13NO7S/c19-13(11-5-6-14-15(7-11)25-10-24-14)8-23-17(20)9-26-16-4-2-1-3-12(16)18(21)22/h1-7H,8-10H2. The van der Waals surface area contributed by atoms with Crippen molar-refractivity contribution in [3.8, 4) is 11.5 Å². The average molecular weight is 375 g/mol. The van der Waals surface area contributed by atoms with Gasteiger partial charge in [-0.15, -0.1) is 11.8 Å². The summed E-state index contributed by atoms with van der Waals surface area (Å²) in [7, 11) is 0. The number of carbonyl (C=O) groups excluding carboxylic acids is 2. The molecule has 1 heterocycles. The van der Waals surface area contributed by atoms with Gasteiger partial charge in [-0.2, -0.15) is 0 Å². The molecule has 134 valence electrons. The molecule has 2 aromatic carbocycles. The highest BCUT2D eigenvalue weighted by Gasteiger charge is 2.18. The van der Waals surface area contributed by atoms with Crippen LogP contribution in [0.1, 0.15) is 10.4 Å². The first kappa shape index (κ1) is 17.7. The predicted molar refractivity (Wildman–Crippen MR) is 91.7 cm³/mol. The number of hydrogen-bond donors (Lipinski definition) is 0. The highest BCUT2D eigenvalue weighted by molar-refractivity contribution is 8.00. The van der Waals surface area contributed by atoms with E-state index in [-0.39, 0.29) is 24.0 Å². The summed E-state index contributed by atoms with van der Waals surface area (Å²) in [5.41, 5.74) is 0.259. The van der Waals surface area contributed by atoms with Gasteiger partial charge >= 0.3 is 5.97 Å². The van der Waals surface area contributed by atoms with Gasteiger partial charge in [-0.3, -0.25) is 19.7 Å². The number of para-hydroxylation sites is 1. The highest BCUT2D eigenvalue weighted by Crippen LogP contribution is 2.32. The summed E-state index contributed by atoms with van der Waals surface area (Å²) >= 11 is 0.983. The number of rotatable bonds is 7. The number of ether oxygens (including phenoxy) is 3. The summed E-state index contributed by atoms with van der Waals surface area (Å²) in [4.78, 5) is 34.7. The zero-order valence-electron chi connectivity index (χ0n) is 13.4. The third kappa shape index (κ3) is 4.12. The van der Waals surface area contributed by atoms with Crippen LogP contribution in [0.5, 0.6) is 11.5 Å². The molecule has 0 amide bonds. The van der Waals surface area contributed by atoms with E-state index in [4.69, 9.17) is 14.2 Å². The molecule has 0 atom stereocenters. The van der Waals surface area contributed by atoms with Crippen LogP contribution in [0.4, 0.5) is 5.69 Å². The summed E-state index contributed by atoms with van der Waals surface area (Å²) in [6.07, 6.45) is 0. The van der Waals surface area contributed by atoms with Crippen molar-refractivity contribution >= 4 is 29.2 Å². The summed E-state index contributed by atoms with van der Waals surface area (Å²) < 4.78 is 15.3. The summed E-state index contributed by atoms with van der Waals surface area (Å²) in [6, 6.07) is 10.8. The van der Waals surface area contributed by atoms with Crippen LogP contribution in [0, 0.1) is 10.1 Å². The average Bonchev–Trinajstić information content (AvgIpc) is 3.12. The van der Waals surface area contributed by atoms with Crippen molar-refractivity contribution in [1.82, 2.24) is 0 Å². The van der Waals surface area contributed by atoms with Crippen molar-refractivity contribution in [2.24, 2.45) is 0 Å². The molecular formula is C17H13NO7S. The van der Waals surface area contributed by atoms with Gasteiger partial charge in [0.1, 0.15) is 0 Å². The lowest BCUT2D eigenvalue weighted by Crippen LogP contribution is -2.15. The number of nitro benzene ring substituents is 1. The molecule has 1 aliphatic rings. The van der Waals surface area contributed by atoms with E-state index in [1.807, 2.05) is 0 Å². The molecule has 3 rings (SSSR count). The third-order valence-electron chi connectivity index (χ3n) is 3.47. The lowest BCUT2D eigenvalue weighted by molar-refractivity contribution is -0.387. The molecule has 8 nitrogen and oxygen atoms in total. The highest BCUT2D eigenvalue weighted by atomic mass is 32.2. The van der Waals surface area contributed by atoms with E-state index in [1.165, 1.54) is 12.1 Å². The van der Waals surface area contributed by atoms with Gasteiger partial charge in [0.05, 0.1) is 15.6 Å². The van der Waals surface area contributed by atoms with Crippen LogP contribution in [0.25, 0.3) is 0 Å². The van der Waals surface area contributed by atoms with E-state index in [0.29, 0.717) is 22.0 Å². The minimum atomic E-state index is -0.637. The van der Waals surface area contributed by atoms with Gasteiger partial charge in [0, 0.05) is 11.6 Å². The van der Waals surface area contributed by atoms with Crippen LogP contribution in [0.15, 0.2) is 47.4 Å². The van der Waals surface area contributed by atoms with Crippen LogP contribution in [0.2, 0.25) is 0 Å². The summed E-state index contributed by atoms with van der Waals surface area (Å²) in [5.74, 6) is -0.137. The largest absolute Gasteiger partial charge is 0.457 e. The fourth-order valence-corrected chi connectivity index (χ4v) is 3.03.